The molecule has 0 saturated carbocycles. The predicted molar refractivity (Wildman–Crippen MR) is 102 cm³/mol. The number of amides is 1. The number of ether oxygens (including phenoxy) is 2. The van der Waals surface area contributed by atoms with Crippen LogP contribution in [0, 0.1) is 0 Å². The Morgan fingerprint density at radius 2 is 1.85 bits per heavy atom. The number of anilines is 1. The van der Waals surface area contributed by atoms with Crippen LogP contribution in [0.4, 0.5) is 5.69 Å². The highest BCUT2D eigenvalue weighted by Crippen LogP contribution is 2.27. The van der Waals surface area contributed by atoms with E-state index in [1.165, 1.54) is 0 Å². The molecular weight excluding hydrogens is 328 g/mol. The van der Waals surface area contributed by atoms with Gasteiger partial charge in [-0.3, -0.25) is 4.79 Å². The first-order valence-corrected chi connectivity index (χ1v) is 8.85. The lowest BCUT2D eigenvalue weighted by molar-refractivity contribution is -0.127. The van der Waals surface area contributed by atoms with Crippen molar-refractivity contribution in [3.05, 3.63) is 59.7 Å². The van der Waals surface area contributed by atoms with Gasteiger partial charge >= 0.3 is 0 Å². The molecule has 5 heteroatoms. The average molecular weight is 350 g/mol. The van der Waals surface area contributed by atoms with Crippen molar-refractivity contribution in [2.24, 2.45) is 0 Å². The zero-order valence-corrected chi connectivity index (χ0v) is 14.9. The molecule has 1 amide bonds. The molecule has 0 aliphatic carbocycles. The van der Waals surface area contributed by atoms with Gasteiger partial charge in [-0.1, -0.05) is 24.3 Å². The van der Waals surface area contributed by atoms with Gasteiger partial charge in [0.2, 0.25) is 0 Å². The van der Waals surface area contributed by atoms with E-state index in [4.69, 9.17) is 9.47 Å². The minimum atomic E-state index is 0.0739. The van der Waals surface area contributed by atoms with Crippen LogP contribution in [0.3, 0.4) is 0 Å². The van der Waals surface area contributed by atoms with Crippen molar-refractivity contribution >= 4 is 17.7 Å². The van der Waals surface area contributed by atoms with Crippen molar-refractivity contribution < 1.29 is 14.3 Å². The van der Waals surface area contributed by atoms with Crippen LogP contribution in [0.15, 0.2) is 54.1 Å². The lowest BCUT2D eigenvalue weighted by Gasteiger charge is -2.36. The minimum Gasteiger partial charge on any atom is -0.497 e. The quantitative estimate of drug-likeness (QED) is 0.854. The predicted octanol–water partition coefficient (Wildman–Crippen LogP) is 2.82. The Kier molecular flexibility index (Phi) is 4.52. The standard InChI is InChI=1S/C21H22N2O3/c1-25-19-7-4-6-18(14-19)22-9-11-23(12-10-22)21(24)17-13-16-5-2-3-8-20(16)26-15-17/h2-8,13-14H,9-12,15H2,1H3. The highest BCUT2D eigenvalue weighted by molar-refractivity contribution is 5.99. The number of nitrogens with zero attached hydrogens (tertiary/aromatic N) is 2. The van der Waals surface area contributed by atoms with Crippen molar-refractivity contribution in [3.8, 4) is 11.5 Å². The molecule has 0 aromatic heterocycles. The van der Waals surface area contributed by atoms with Gasteiger partial charge in [-0.05, 0) is 24.3 Å². The van der Waals surface area contributed by atoms with Gasteiger partial charge in [-0.25, -0.2) is 0 Å². The summed E-state index contributed by atoms with van der Waals surface area (Å²) in [7, 11) is 1.67. The molecule has 5 nitrogen and oxygen atoms in total. The molecule has 1 fully saturated rings. The summed E-state index contributed by atoms with van der Waals surface area (Å²) in [5.74, 6) is 1.76. The number of piperazine rings is 1. The highest BCUT2D eigenvalue weighted by atomic mass is 16.5. The molecule has 0 radical (unpaired) electrons. The molecule has 2 aromatic carbocycles. The molecule has 2 heterocycles. The van der Waals surface area contributed by atoms with E-state index in [0.29, 0.717) is 19.7 Å². The Hall–Kier alpha value is -2.95. The lowest BCUT2D eigenvalue weighted by Crippen LogP contribution is -2.49. The average Bonchev–Trinajstić information content (AvgIpc) is 2.73. The van der Waals surface area contributed by atoms with E-state index in [0.717, 1.165) is 41.4 Å². The van der Waals surface area contributed by atoms with E-state index >= 15 is 0 Å². The molecule has 1 saturated heterocycles. The second-order valence-corrected chi connectivity index (χ2v) is 6.48. The Labute approximate surface area is 153 Å². The smallest absolute Gasteiger partial charge is 0.253 e. The Morgan fingerprint density at radius 3 is 2.65 bits per heavy atom. The molecule has 0 atom stereocenters. The third kappa shape index (κ3) is 3.25. The topological polar surface area (TPSA) is 42.0 Å². The van der Waals surface area contributed by atoms with Crippen molar-refractivity contribution in [2.45, 2.75) is 0 Å². The van der Waals surface area contributed by atoms with Crippen LogP contribution in [-0.2, 0) is 4.79 Å². The Morgan fingerprint density at radius 1 is 1.04 bits per heavy atom. The highest BCUT2D eigenvalue weighted by Gasteiger charge is 2.26. The molecule has 0 bridgehead atoms. The minimum absolute atomic E-state index is 0.0739. The molecule has 0 spiro atoms. The summed E-state index contributed by atoms with van der Waals surface area (Å²) in [6, 6.07) is 15.9. The van der Waals surface area contributed by atoms with E-state index in [9.17, 15) is 4.79 Å². The number of rotatable bonds is 3. The van der Waals surface area contributed by atoms with Crippen LogP contribution >= 0.6 is 0 Å². The molecule has 0 unspecified atom stereocenters. The third-order valence-corrected chi connectivity index (χ3v) is 4.89. The van der Waals surface area contributed by atoms with E-state index in [1.807, 2.05) is 53.4 Å². The molecule has 26 heavy (non-hydrogen) atoms. The second-order valence-electron chi connectivity index (χ2n) is 6.48. The van der Waals surface area contributed by atoms with Gasteiger partial charge in [0.25, 0.3) is 5.91 Å². The summed E-state index contributed by atoms with van der Waals surface area (Å²) in [6.07, 6.45) is 1.95. The number of benzene rings is 2. The van der Waals surface area contributed by atoms with Crippen LogP contribution in [0.2, 0.25) is 0 Å². The molecule has 0 N–H and O–H groups in total. The normalized spacial score (nSPS) is 16.4. The zero-order valence-electron chi connectivity index (χ0n) is 14.9. The van der Waals surface area contributed by atoms with Gasteiger partial charge in [-0.2, -0.15) is 0 Å². The molecule has 4 rings (SSSR count). The van der Waals surface area contributed by atoms with Gasteiger partial charge in [0.05, 0.1) is 12.7 Å². The fourth-order valence-corrected chi connectivity index (χ4v) is 3.42. The van der Waals surface area contributed by atoms with Crippen molar-refractivity contribution in [1.82, 2.24) is 4.90 Å². The van der Waals surface area contributed by atoms with Crippen molar-refractivity contribution in [3.63, 3.8) is 0 Å². The zero-order chi connectivity index (χ0) is 17.9. The summed E-state index contributed by atoms with van der Waals surface area (Å²) in [5.41, 5.74) is 2.82. The van der Waals surface area contributed by atoms with Crippen LogP contribution in [0.1, 0.15) is 5.56 Å². The van der Waals surface area contributed by atoms with Crippen molar-refractivity contribution in [2.75, 3.05) is 44.8 Å². The third-order valence-electron chi connectivity index (χ3n) is 4.89. The van der Waals surface area contributed by atoms with Gasteiger partial charge < -0.3 is 19.3 Å². The van der Waals surface area contributed by atoms with Crippen LogP contribution in [0.25, 0.3) is 6.08 Å². The molecule has 2 aromatic rings. The van der Waals surface area contributed by atoms with Gasteiger partial charge in [-0.15, -0.1) is 0 Å². The van der Waals surface area contributed by atoms with Gasteiger partial charge in [0.15, 0.2) is 0 Å². The molecule has 134 valence electrons. The maximum atomic E-state index is 12.8. The first-order chi connectivity index (χ1) is 12.7. The largest absolute Gasteiger partial charge is 0.497 e. The molecule has 2 aliphatic rings. The number of methoxy groups -OCH3 is 1. The molecular formula is C21H22N2O3. The number of hydrogen-bond donors (Lipinski definition) is 0. The number of carbonyl (C=O) groups excluding carboxylic acids is 1. The number of para-hydroxylation sites is 1. The summed E-state index contributed by atoms with van der Waals surface area (Å²) in [5, 5.41) is 0. The lowest BCUT2D eigenvalue weighted by atomic mass is 10.1. The maximum Gasteiger partial charge on any atom is 0.253 e. The second kappa shape index (κ2) is 7.12. The van der Waals surface area contributed by atoms with E-state index in [1.54, 1.807) is 7.11 Å². The van der Waals surface area contributed by atoms with E-state index in [-0.39, 0.29) is 5.91 Å². The number of fused-ring (bicyclic) bond motifs is 1. The summed E-state index contributed by atoms with van der Waals surface area (Å²) in [4.78, 5) is 17.0. The van der Waals surface area contributed by atoms with Crippen LogP contribution in [-0.4, -0.2) is 50.7 Å². The number of hydrogen-bond acceptors (Lipinski definition) is 4. The Bertz CT molecular complexity index is 839. The SMILES string of the molecule is COc1cccc(N2CCN(C(=O)C3=Cc4ccccc4OC3)CC2)c1. The van der Waals surface area contributed by atoms with Gasteiger partial charge in [0, 0.05) is 43.5 Å². The fourth-order valence-electron chi connectivity index (χ4n) is 3.42. The summed E-state index contributed by atoms with van der Waals surface area (Å²) >= 11 is 0. The first kappa shape index (κ1) is 16.5. The molecule has 2 aliphatic heterocycles. The monoisotopic (exact) mass is 350 g/mol. The van der Waals surface area contributed by atoms with Crippen LogP contribution in [0.5, 0.6) is 11.5 Å². The maximum absolute atomic E-state index is 12.8. The first-order valence-electron chi connectivity index (χ1n) is 8.85. The summed E-state index contributed by atoms with van der Waals surface area (Å²) < 4.78 is 11.0. The van der Waals surface area contributed by atoms with E-state index < -0.39 is 0 Å². The summed E-state index contributed by atoms with van der Waals surface area (Å²) in [6.45, 7) is 3.36. The Balaban J connectivity index is 1.42. The van der Waals surface area contributed by atoms with Gasteiger partial charge in [0.1, 0.15) is 18.1 Å². The van der Waals surface area contributed by atoms with Crippen LogP contribution < -0.4 is 14.4 Å². The fraction of sp³-hybridized carbons (Fsp3) is 0.286. The van der Waals surface area contributed by atoms with E-state index in [2.05, 4.69) is 11.0 Å². The van der Waals surface area contributed by atoms with Crippen molar-refractivity contribution in [1.29, 1.82) is 0 Å². The number of carbonyl (C=O) groups is 1.